The molecule has 1 fully saturated rings. The summed E-state index contributed by atoms with van der Waals surface area (Å²) in [6.07, 6.45) is -0.144. The van der Waals surface area contributed by atoms with Crippen LogP contribution in [0.2, 0.25) is 0 Å². The van der Waals surface area contributed by atoms with Gasteiger partial charge in [-0.2, -0.15) is 0 Å². The summed E-state index contributed by atoms with van der Waals surface area (Å²) in [6.45, 7) is -0.834. The fraction of sp³-hybridized carbons (Fsp3) is 0.227. The third-order valence-corrected chi connectivity index (χ3v) is 4.60. The molecule has 1 atom stereocenters. The van der Waals surface area contributed by atoms with Crippen LogP contribution in [0.3, 0.4) is 0 Å². The Bertz CT molecular complexity index is 977. The van der Waals surface area contributed by atoms with Crippen LogP contribution in [-0.4, -0.2) is 54.2 Å². The highest BCUT2D eigenvalue weighted by atomic mass is 16.5. The van der Waals surface area contributed by atoms with Crippen molar-refractivity contribution in [2.75, 3.05) is 19.7 Å². The van der Waals surface area contributed by atoms with Crippen LogP contribution in [0.1, 0.15) is 27.1 Å². The second kappa shape index (κ2) is 10.1. The molecule has 0 saturated carbocycles. The van der Waals surface area contributed by atoms with E-state index in [0.717, 1.165) is 5.01 Å². The van der Waals surface area contributed by atoms with E-state index in [1.165, 1.54) is 0 Å². The van der Waals surface area contributed by atoms with Crippen LogP contribution >= 0.6 is 0 Å². The first-order chi connectivity index (χ1) is 14.9. The van der Waals surface area contributed by atoms with Crippen molar-refractivity contribution >= 4 is 29.5 Å². The van der Waals surface area contributed by atoms with Gasteiger partial charge in [0.05, 0.1) is 19.0 Å². The van der Waals surface area contributed by atoms with Crippen LogP contribution in [0.5, 0.6) is 0 Å². The van der Waals surface area contributed by atoms with Crippen molar-refractivity contribution in [1.29, 1.82) is 0 Å². The largest absolute Gasteiger partial charge is 0.457 e. The Labute approximate surface area is 178 Å². The highest BCUT2D eigenvalue weighted by Gasteiger charge is 2.36. The van der Waals surface area contributed by atoms with Crippen molar-refractivity contribution in [2.24, 2.45) is 5.92 Å². The molecule has 3 amide bonds. The van der Waals surface area contributed by atoms with Gasteiger partial charge in [0, 0.05) is 17.5 Å². The SMILES string of the molecule is O=C(CNC(=O)c1ccccc1)NN1CC(C(=O)OCC(=O)c2ccccc2)CC1=O. The van der Waals surface area contributed by atoms with Crippen molar-refractivity contribution in [3.05, 3.63) is 71.8 Å². The fourth-order valence-corrected chi connectivity index (χ4v) is 2.98. The highest BCUT2D eigenvalue weighted by Crippen LogP contribution is 2.17. The first-order valence-corrected chi connectivity index (χ1v) is 9.62. The lowest BCUT2D eigenvalue weighted by atomic mass is 10.1. The van der Waals surface area contributed by atoms with Gasteiger partial charge in [-0.25, -0.2) is 0 Å². The minimum Gasteiger partial charge on any atom is -0.457 e. The molecule has 1 unspecified atom stereocenters. The zero-order chi connectivity index (χ0) is 22.2. The highest BCUT2D eigenvalue weighted by molar-refractivity contribution is 5.98. The predicted molar refractivity (Wildman–Crippen MR) is 108 cm³/mol. The number of amides is 3. The number of rotatable bonds is 8. The van der Waals surface area contributed by atoms with Crippen LogP contribution in [0.25, 0.3) is 0 Å². The van der Waals surface area contributed by atoms with E-state index in [9.17, 15) is 24.0 Å². The van der Waals surface area contributed by atoms with Crippen molar-refractivity contribution in [3.63, 3.8) is 0 Å². The van der Waals surface area contributed by atoms with Gasteiger partial charge in [-0.3, -0.25) is 34.4 Å². The minimum absolute atomic E-state index is 0.0738. The van der Waals surface area contributed by atoms with Gasteiger partial charge >= 0.3 is 5.97 Å². The zero-order valence-electron chi connectivity index (χ0n) is 16.6. The van der Waals surface area contributed by atoms with E-state index in [2.05, 4.69) is 10.7 Å². The van der Waals surface area contributed by atoms with E-state index in [1.807, 2.05) is 0 Å². The Morgan fingerprint density at radius 1 is 0.935 bits per heavy atom. The molecular weight excluding hydrogens is 402 g/mol. The topological polar surface area (TPSA) is 122 Å². The lowest BCUT2D eigenvalue weighted by Crippen LogP contribution is -2.47. The molecular formula is C22H21N3O6. The summed E-state index contributed by atoms with van der Waals surface area (Å²) in [5.74, 6) is -3.32. The summed E-state index contributed by atoms with van der Waals surface area (Å²) in [5, 5.41) is 3.47. The second-order valence-electron chi connectivity index (χ2n) is 6.89. The Balaban J connectivity index is 1.42. The van der Waals surface area contributed by atoms with E-state index >= 15 is 0 Å². The van der Waals surface area contributed by atoms with Gasteiger partial charge in [-0.05, 0) is 12.1 Å². The molecule has 31 heavy (non-hydrogen) atoms. The van der Waals surface area contributed by atoms with Gasteiger partial charge in [0.25, 0.3) is 11.8 Å². The molecule has 0 bridgehead atoms. The molecule has 9 nitrogen and oxygen atoms in total. The normalized spacial score (nSPS) is 15.3. The lowest BCUT2D eigenvalue weighted by molar-refractivity contribution is -0.147. The maximum atomic E-state index is 12.2. The van der Waals surface area contributed by atoms with Gasteiger partial charge in [0.2, 0.25) is 5.91 Å². The average molecular weight is 423 g/mol. The number of nitrogens with one attached hydrogen (secondary N) is 2. The molecule has 2 N–H and O–H groups in total. The molecule has 9 heteroatoms. The van der Waals surface area contributed by atoms with E-state index in [4.69, 9.17) is 4.74 Å². The molecule has 1 saturated heterocycles. The zero-order valence-corrected chi connectivity index (χ0v) is 16.6. The summed E-state index contributed by atoms with van der Waals surface area (Å²) >= 11 is 0. The molecule has 160 valence electrons. The van der Waals surface area contributed by atoms with Crippen molar-refractivity contribution in [2.45, 2.75) is 6.42 Å². The lowest BCUT2D eigenvalue weighted by Gasteiger charge is -2.17. The van der Waals surface area contributed by atoms with Gasteiger partial charge in [-0.15, -0.1) is 0 Å². The van der Waals surface area contributed by atoms with Gasteiger partial charge in [0.1, 0.15) is 0 Å². The summed E-state index contributed by atoms with van der Waals surface area (Å²) in [6, 6.07) is 16.8. The Kier molecular flexibility index (Phi) is 7.10. The number of carbonyl (C=O) groups excluding carboxylic acids is 5. The van der Waals surface area contributed by atoms with Crippen LogP contribution in [0.15, 0.2) is 60.7 Å². The molecule has 0 aromatic heterocycles. The summed E-state index contributed by atoms with van der Waals surface area (Å²) in [5.41, 5.74) is 3.19. The Morgan fingerprint density at radius 2 is 1.55 bits per heavy atom. The van der Waals surface area contributed by atoms with Gasteiger partial charge in [-0.1, -0.05) is 48.5 Å². The maximum Gasteiger partial charge on any atom is 0.311 e. The van der Waals surface area contributed by atoms with Gasteiger partial charge < -0.3 is 10.1 Å². The van der Waals surface area contributed by atoms with E-state index in [1.54, 1.807) is 60.7 Å². The van der Waals surface area contributed by atoms with E-state index in [0.29, 0.717) is 11.1 Å². The van der Waals surface area contributed by atoms with E-state index in [-0.39, 0.29) is 25.3 Å². The third-order valence-electron chi connectivity index (χ3n) is 4.60. The standard InChI is InChI=1S/C22H21N3O6/c26-18(15-7-3-1-4-8-15)14-31-22(30)17-11-20(28)25(13-17)24-19(27)12-23-21(29)16-9-5-2-6-10-16/h1-10,17H,11-14H2,(H,23,29)(H,24,27). The van der Waals surface area contributed by atoms with E-state index < -0.39 is 36.2 Å². The number of ether oxygens (including phenoxy) is 1. The predicted octanol–water partition coefficient (Wildman–Crippen LogP) is 0.722. The first-order valence-electron chi connectivity index (χ1n) is 9.62. The van der Waals surface area contributed by atoms with Crippen LogP contribution in [0.4, 0.5) is 0 Å². The number of Topliss-reactive ketones (excluding diaryl/α,β-unsaturated/α-hetero) is 1. The molecule has 1 heterocycles. The Morgan fingerprint density at radius 3 is 2.19 bits per heavy atom. The monoisotopic (exact) mass is 423 g/mol. The molecule has 0 aliphatic carbocycles. The molecule has 0 spiro atoms. The number of hydrogen-bond donors (Lipinski definition) is 2. The number of nitrogens with zero attached hydrogens (tertiary/aromatic N) is 1. The number of ketones is 1. The van der Waals surface area contributed by atoms with Crippen LogP contribution < -0.4 is 10.7 Å². The van der Waals surface area contributed by atoms with Crippen molar-refractivity contribution in [1.82, 2.24) is 15.8 Å². The third kappa shape index (κ3) is 5.99. The fourth-order valence-electron chi connectivity index (χ4n) is 2.98. The quantitative estimate of drug-likeness (QED) is 0.477. The number of hydrogen-bond acceptors (Lipinski definition) is 6. The summed E-state index contributed by atoms with van der Waals surface area (Å²) in [7, 11) is 0. The van der Waals surface area contributed by atoms with Gasteiger partial charge in [0.15, 0.2) is 12.4 Å². The second-order valence-corrected chi connectivity index (χ2v) is 6.89. The molecule has 2 aromatic rings. The number of carbonyl (C=O) groups is 5. The molecule has 1 aliphatic rings. The Hall–Kier alpha value is -4.01. The van der Waals surface area contributed by atoms with Crippen LogP contribution in [-0.2, 0) is 19.1 Å². The smallest absolute Gasteiger partial charge is 0.311 e. The first kappa shape index (κ1) is 21.7. The summed E-state index contributed by atoms with van der Waals surface area (Å²) in [4.78, 5) is 60.3. The number of hydrazine groups is 1. The number of benzene rings is 2. The minimum atomic E-state index is -0.796. The molecule has 1 aliphatic heterocycles. The maximum absolute atomic E-state index is 12.2. The number of esters is 1. The molecule has 2 aromatic carbocycles. The van der Waals surface area contributed by atoms with Crippen LogP contribution in [0, 0.1) is 5.92 Å². The van der Waals surface area contributed by atoms with Crippen molar-refractivity contribution in [3.8, 4) is 0 Å². The average Bonchev–Trinajstić information content (AvgIpc) is 3.16. The van der Waals surface area contributed by atoms with Crippen molar-refractivity contribution < 1.29 is 28.7 Å². The molecule has 3 rings (SSSR count). The summed E-state index contributed by atoms with van der Waals surface area (Å²) < 4.78 is 5.03. The molecule has 0 radical (unpaired) electrons.